The first-order valence-electron chi connectivity index (χ1n) is 8.97. The van der Waals surface area contributed by atoms with E-state index in [0.717, 1.165) is 57.8 Å². The van der Waals surface area contributed by atoms with E-state index in [0.29, 0.717) is 12.0 Å². The Balaban J connectivity index is 2.16. The van der Waals surface area contributed by atoms with Gasteiger partial charge in [0.1, 0.15) is 0 Å². The maximum atomic E-state index is 5.84. The summed E-state index contributed by atoms with van der Waals surface area (Å²) in [5, 5.41) is 6.74. The Labute approximate surface area is 142 Å². The zero-order valence-corrected chi connectivity index (χ0v) is 15.7. The number of guanidine groups is 2. The summed E-state index contributed by atoms with van der Waals surface area (Å²) >= 11 is 0. The number of nitrogens with zero attached hydrogens (tertiary/aromatic N) is 3. The van der Waals surface area contributed by atoms with Crippen LogP contribution in [-0.2, 0) is 0 Å². The summed E-state index contributed by atoms with van der Waals surface area (Å²) in [5.74, 6) is 1.62. The van der Waals surface area contributed by atoms with Crippen molar-refractivity contribution in [3.05, 3.63) is 0 Å². The number of nitrogens with one attached hydrogen (secondary N) is 2. The molecule has 1 heterocycles. The highest BCUT2D eigenvalue weighted by Crippen LogP contribution is 2.16. The van der Waals surface area contributed by atoms with Crippen LogP contribution in [0.4, 0.5) is 0 Å². The van der Waals surface area contributed by atoms with E-state index >= 15 is 0 Å². The molecular weight excluding hydrogens is 288 g/mol. The van der Waals surface area contributed by atoms with Crippen molar-refractivity contribution in [1.29, 1.82) is 0 Å². The van der Waals surface area contributed by atoms with Crippen LogP contribution >= 0.6 is 0 Å². The van der Waals surface area contributed by atoms with Crippen LogP contribution in [0.1, 0.15) is 60.3 Å². The van der Waals surface area contributed by atoms with E-state index in [4.69, 9.17) is 5.73 Å². The summed E-state index contributed by atoms with van der Waals surface area (Å²) in [6.45, 7) is 14.6. The fourth-order valence-corrected chi connectivity index (χ4v) is 2.63. The first-order chi connectivity index (χ1) is 10.8. The van der Waals surface area contributed by atoms with Crippen molar-refractivity contribution in [2.75, 3.05) is 26.2 Å². The number of aliphatic imine (C=N–C) groups is 2. The molecule has 134 valence electrons. The lowest BCUT2D eigenvalue weighted by Gasteiger charge is -2.34. The van der Waals surface area contributed by atoms with Gasteiger partial charge in [0, 0.05) is 31.2 Å². The van der Waals surface area contributed by atoms with Gasteiger partial charge in [0.05, 0.1) is 6.54 Å². The van der Waals surface area contributed by atoms with Gasteiger partial charge in [-0.15, -0.1) is 0 Å². The van der Waals surface area contributed by atoms with Crippen LogP contribution < -0.4 is 16.4 Å². The van der Waals surface area contributed by atoms with E-state index in [2.05, 4.69) is 60.1 Å². The van der Waals surface area contributed by atoms with Gasteiger partial charge in [-0.1, -0.05) is 6.92 Å². The molecule has 0 saturated heterocycles. The predicted molar refractivity (Wildman–Crippen MR) is 100.0 cm³/mol. The minimum absolute atomic E-state index is 0.135. The summed E-state index contributed by atoms with van der Waals surface area (Å²) in [4.78, 5) is 11.2. The molecule has 0 bridgehead atoms. The van der Waals surface area contributed by atoms with Gasteiger partial charge in [0.25, 0.3) is 0 Å². The molecular formula is C17H36N6. The number of nitrogens with two attached hydrogens (primary N) is 1. The number of unbranched alkanes of at least 4 members (excludes halogenated alkanes) is 1. The van der Waals surface area contributed by atoms with Gasteiger partial charge in [-0.2, -0.15) is 0 Å². The number of hydrogen-bond acceptors (Lipinski definition) is 4. The van der Waals surface area contributed by atoms with Gasteiger partial charge >= 0.3 is 0 Å². The second-order valence-electron chi connectivity index (χ2n) is 7.26. The van der Waals surface area contributed by atoms with Gasteiger partial charge in [-0.3, -0.25) is 9.98 Å². The van der Waals surface area contributed by atoms with Crippen molar-refractivity contribution in [3.63, 3.8) is 0 Å². The highest BCUT2D eigenvalue weighted by Gasteiger charge is 2.27. The topological polar surface area (TPSA) is 78.0 Å². The predicted octanol–water partition coefficient (Wildman–Crippen LogP) is 1.92. The molecule has 6 nitrogen and oxygen atoms in total. The van der Waals surface area contributed by atoms with Crippen LogP contribution in [0.15, 0.2) is 9.98 Å². The largest absolute Gasteiger partial charge is 0.370 e. The zero-order chi connectivity index (χ0) is 17.3. The second-order valence-corrected chi connectivity index (χ2v) is 7.26. The molecule has 0 saturated carbocycles. The van der Waals surface area contributed by atoms with Gasteiger partial charge in [-0.05, 0) is 53.4 Å². The summed E-state index contributed by atoms with van der Waals surface area (Å²) in [5.41, 5.74) is 5.97. The summed E-state index contributed by atoms with van der Waals surface area (Å²) < 4.78 is 0. The van der Waals surface area contributed by atoms with Crippen molar-refractivity contribution >= 4 is 11.9 Å². The maximum absolute atomic E-state index is 5.84. The Morgan fingerprint density at radius 3 is 2.78 bits per heavy atom. The van der Waals surface area contributed by atoms with E-state index < -0.39 is 0 Å². The van der Waals surface area contributed by atoms with Gasteiger partial charge in [0.15, 0.2) is 11.9 Å². The SMILES string of the molecule is CCCN=C(N)NC(C)CCCCNC1=NCCN1C(C)(C)C. The monoisotopic (exact) mass is 324 g/mol. The Hall–Kier alpha value is -1.46. The lowest BCUT2D eigenvalue weighted by molar-refractivity contribution is 0.250. The molecule has 4 N–H and O–H groups in total. The molecule has 0 spiro atoms. The second kappa shape index (κ2) is 9.63. The van der Waals surface area contributed by atoms with Crippen molar-refractivity contribution in [2.24, 2.45) is 15.7 Å². The molecule has 0 aromatic carbocycles. The molecule has 0 radical (unpaired) electrons. The molecule has 0 fully saturated rings. The molecule has 1 aliphatic heterocycles. The Morgan fingerprint density at radius 1 is 1.39 bits per heavy atom. The quantitative estimate of drug-likeness (QED) is 0.362. The fraction of sp³-hybridized carbons (Fsp3) is 0.882. The van der Waals surface area contributed by atoms with E-state index in [1.807, 2.05) is 0 Å². The van der Waals surface area contributed by atoms with Crippen LogP contribution in [0.5, 0.6) is 0 Å². The van der Waals surface area contributed by atoms with Crippen molar-refractivity contribution in [3.8, 4) is 0 Å². The van der Waals surface area contributed by atoms with Crippen LogP contribution in [-0.4, -0.2) is 54.6 Å². The summed E-state index contributed by atoms with van der Waals surface area (Å²) in [6, 6.07) is 0.366. The highest BCUT2D eigenvalue weighted by atomic mass is 15.4. The van der Waals surface area contributed by atoms with Gasteiger partial charge in [0.2, 0.25) is 0 Å². The lowest BCUT2D eigenvalue weighted by Crippen LogP contribution is -2.49. The average Bonchev–Trinajstić information content (AvgIpc) is 2.93. The van der Waals surface area contributed by atoms with E-state index in [-0.39, 0.29) is 5.54 Å². The van der Waals surface area contributed by atoms with Crippen molar-refractivity contribution in [1.82, 2.24) is 15.5 Å². The molecule has 6 heteroatoms. The van der Waals surface area contributed by atoms with Crippen molar-refractivity contribution < 1.29 is 0 Å². The van der Waals surface area contributed by atoms with Crippen LogP contribution in [0.2, 0.25) is 0 Å². The third-order valence-electron chi connectivity index (χ3n) is 3.90. The van der Waals surface area contributed by atoms with Gasteiger partial charge in [-0.25, -0.2) is 0 Å². The fourth-order valence-electron chi connectivity index (χ4n) is 2.63. The lowest BCUT2D eigenvalue weighted by atomic mass is 10.1. The molecule has 0 aliphatic carbocycles. The smallest absolute Gasteiger partial charge is 0.194 e. The molecule has 1 unspecified atom stereocenters. The molecule has 1 rings (SSSR count). The summed E-state index contributed by atoms with van der Waals surface area (Å²) in [6.07, 6.45) is 4.41. The highest BCUT2D eigenvalue weighted by molar-refractivity contribution is 5.82. The molecule has 1 aliphatic rings. The Morgan fingerprint density at radius 2 is 2.13 bits per heavy atom. The third kappa shape index (κ3) is 7.57. The minimum atomic E-state index is 0.135. The maximum Gasteiger partial charge on any atom is 0.194 e. The molecule has 0 aromatic heterocycles. The first kappa shape index (κ1) is 19.6. The van der Waals surface area contributed by atoms with E-state index in [9.17, 15) is 0 Å². The minimum Gasteiger partial charge on any atom is -0.370 e. The molecule has 1 atom stereocenters. The Kier molecular flexibility index (Phi) is 8.20. The van der Waals surface area contributed by atoms with Crippen LogP contribution in [0, 0.1) is 0 Å². The third-order valence-corrected chi connectivity index (χ3v) is 3.90. The van der Waals surface area contributed by atoms with Crippen molar-refractivity contribution in [2.45, 2.75) is 71.9 Å². The molecule has 23 heavy (non-hydrogen) atoms. The van der Waals surface area contributed by atoms with E-state index in [1.54, 1.807) is 0 Å². The zero-order valence-electron chi connectivity index (χ0n) is 15.7. The first-order valence-corrected chi connectivity index (χ1v) is 8.97. The Bertz CT molecular complexity index is 396. The standard InChI is InChI=1S/C17H36N6/c1-6-10-19-15(18)22-14(2)9-7-8-11-20-16-21-12-13-23(16)17(3,4)5/h14H,6-13H2,1-5H3,(H,20,21)(H3,18,19,22). The number of hydrogen-bond donors (Lipinski definition) is 3. The van der Waals surface area contributed by atoms with Gasteiger partial charge < -0.3 is 21.3 Å². The average molecular weight is 325 g/mol. The molecule has 0 aromatic rings. The normalized spacial score (nSPS) is 17.2. The van der Waals surface area contributed by atoms with Crippen LogP contribution in [0.25, 0.3) is 0 Å². The number of rotatable bonds is 8. The molecule has 0 amide bonds. The summed E-state index contributed by atoms with van der Waals surface area (Å²) in [7, 11) is 0. The van der Waals surface area contributed by atoms with Crippen LogP contribution in [0.3, 0.4) is 0 Å². The van der Waals surface area contributed by atoms with E-state index in [1.165, 1.54) is 0 Å².